The second kappa shape index (κ2) is 4.73. The molecule has 1 saturated carbocycles. The summed E-state index contributed by atoms with van der Waals surface area (Å²) in [6.07, 6.45) is 7.58. The summed E-state index contributed by atoms with van der Waals surface area (Å²) in [6, 6.07) is 3.26. The number of nitrogens with one attached hydrogen (secondary N) is 2. The third-order valence-electron chi connectivity index (χ3n) is 2.64. The minimum Gasteiger partial charge on any atom is -0.306 e. The molecule has 3 rings (SSSR count). The van der Waals surface area contributed by atoms with Crippen LogP contribution in [0.3, 0.4) is 0 Å². The van der Waals surface area contributed by atoms with E-state index >= 15 is 0 Å². The summed E-state index contributed by atoms with van der Waals surface area (Å²) in [5.74, 6) is 0.666. The van der Waals surface area contributed by atoms with E-state index in [0.717, 1.165) is 0 Å². The normalized spacial score (nSPS) is 14.2. The molecule has 2 heterocycles. The third kappa shape index (κ3) is 2.65. The van der Waals surface area contributed by atoms with Gasteiger partial charge in [0, 0.05) is 17.3 Å². The van der Waals surface area contributed by atoms with Crippen molar-refractivity contribution < 1.29 is 4.79 Å². The van der Waals surface area contributed by atoms with Crippen molar-refractivity contribution in [1.82, 2.24) is 9.97 Å². The number of hydrogen-bond donors (Lipinski definition) is 2. The van der Waals surface area contributed by atoms with Crippen molar-refractivity contribution in [1.29, 1.82) is 0 Å². The van der Waals surface area contributed by atoms with Gasteiger partial charge in [-0.05, 0) is 30.9 Å². The topological polar surface area (TPSA) is 66.9 Å². The van der Waals surface area contributed by atoms with E-state index in [-0.39, 0.29) is 6.03 Å². The van der Waals surface area contributed by atoms with E-state index in [9.17, 15) is 4.79 Å². The Kier molecular flexibility index (Phi) is 2.93. The number of aromatic nitrogens is 2. The first-order valence-electron chi connectivity index (χ1n) is 5.75. The molecule has 1 aliphatic rings. The number of hydrogen-bond acceptors (Lipinski definition) is 4. The van der Waals surface area contributed by atoms with Crippen LogP contribution in [0.1, 0.15) is 23.6 Å². The van der Waals surface area contributed by atoms with Crippen LogP contribution in [0.5, 0.6) is 0 Å². The Labute approximate surface area is 108 Å². The summed E-state index contributed by atoms with van der Waals surface area (Å²) < 4.78 is 0. The highest BCUT2D eigenvalue weighted by molar-refractivity contribution is 7.15. The highest BCUT2D eigenvalue weighted by Gasteiger charge is 2.25. The summed E-state index contributed by atoms with van der Waals surface area (Å²) in [6.45, 7) is 0. The third-order valence-corrected chi connectivity index (χ3v) is 3.72. The predicted octanol–water partition coefficient (Wildman–Crippen LogP) is 3.06. The summed E-state index contributed by atoms with van der Waals surface area (Å²) in [7, 11) is 0. The molecule has 0 saturated heterocycles. The number of anilines is 2. The summed E-state index contributed by atoms with van der Waals surface area (Å²) >= 11 is 1.54. The van der Waals surface area contributed by atoms with Crippen LogP contribution in [0.25, 0.3) is 0 Å². The van der Waals surface area contributed by atoms with E-state index in [4.69, 9.17) is 0 Å². The van der Waals surface area contributed by atoms with Gasteiger partial charge < -0.3 is 5.32 Å². The molecule has 5 nitrogen and oxygen atoms in total. The number of amides is 2. The molecule has 1 fully saturated rings. The number of thiazole rings is 1. The maximum Gasteiger partial charge on any atom is 0.325 e. The van der Waals surface area contributed by atoms with Gasteiger partial charge >= 0.3 is 6.03 Å². The molecule has 0 aromatic carbocycles. The standard InChI is InChI=1S/C12H12N4OS/c17-11(15-9-2-1-5-13-6-9)16-12-14-7-10(18-12)8-3-4-8/h1-2,5-8H,3-4H2,(H2,14,15,16,17). The summed E-state index contributed by atoms with van der Waals surface area (Å²) in [5, 5.41) is 6.06. The molecular formula is C12H12N4OS. The van der Waals surface area contributed by atoms with Crippen molar-refractivity contribution in [2.24, 2.45) is 0 Å². The SMILES string of the molecule is O=C(Nc1cccnc1)Nc1ncc(C2CC2)s1. The first kappa shape index (κ1) is 11.2. The lowest BCUT2D eigenvalue weighted by Gasteiger charge is -2.03. The van der Waals surface area contributed by atoms with Crippen molar-refractivity contribution in [2.75, 3.05) is 10.6 Å². The number of carbonyl (C=O) groups excluding carboxylic acids is 1. The number of pyridine rings is 1. The van der Waals surface area contributed by atoms with Gasteiger partial charge in [0.2, 0.25) is 0 Å². The molecule has 0 unspecified atom stereocenters. The lowest BCUT2D eigenvalue weighted by molar-refractivity contribution is 0.262. The van der Waals surface area contributed by atoms with E-state index < -0.39 is 0 Å². The van der Waals surface area contributed by atoms with Crippen molar-refractivity contribution in [2.45, 2.75) is 18.8 Å². The van der Waals surface area contributed by atoms with Crippen LogP contribution in [-0.2, 0) is 0 Å². The van der Waals surface area contributed by atoms with Gasteiger partial charge in [-0.1, -0.05) is 0 Å². The highest BCUT2D eigenvalue weighted by atomic mass is 32.1. The molecule has 2 aromatic heterocycles. The highest BCUT2D eigenvalue weighted by Crippen LogP contribution is 2.43. The van der Waals surface area contributed by atoms with Gasteiger partial charge in [0.05, 0.1) is 11.9 Å². The van der Waals surface area contributed by atoms with Crippen LogP contribution in [-0.4, -0.2) is 16.0 Å². The molecule has 92 valence electrons. The summed E-state index contributed by atoms with van der Waals surface area (Å²) in [4.78, 5) is 21.1. The fourth-order valence-electron chi connectivity index (χ4n) is 1.60. The molecule has 18 heavy (non-hydrogen) atoms. The van der Waals surface area contributed by atoms with Gasteiger partial charge in [0.15, 0.2) is 5.13 Å². The average molecular weight is 260 g/mol. The van der Waals surface area contributed by atoms with E-state index in [2.05, 4.69) is 20.6 Å². The van der Waals surface area contributed by atoms with Crippen molar-refractivity contribution >= 4 is 28.2 Å². The largest absolute Gasteiger partial charge is 0.325 e. The van der Waals surface area contributed by atoms with Crippen LogP contribution >= 0.6 is 11.3 Å². The van der Waals surface area contributed by atoms with Gasteiger partial charge in [-0.2, -0.15) is 0 Å². The zero-order chi connectivity index (χ0) is 12.4. The molecule has 0 radical (unpaired) electrons. The first-order chi connectivity index (χ1) is 8.81. The molecule has 0 bridgehead atoms. The smallest absolute Gasteiger partial charge is 0.306 e. The van der Waals surface area contributed by atoms with E-state index in [0.29, 0.717) is 16.7 Å². The van der Waals surface area contributed by atoms with Crippen LogP contribution in [0.2, 0.25) is 0 Å². The molecule has 6 heteroatoms. The molecule has 2 N–H and O–H groups in total. The Hall–Kier alpha value is -1.95. The van der Waals surface area contributed by atoms with Crippen LogP contribution < -0.4 is 10.6 Å². The van der Waals surface area contributed by atoms with Gasteiger partial charge in [-0.3, -0.25) is 10.3 Å². The zero-order valence-corrected chi connectivity index (χ0v) is 10.4. The second-order valence-electron chi connectivity index (χ2n) is 4.16. The number of nitrogens with zero attached hydrogens (tertiary/aromatic N) is 2. The van der Waals surface area contributed by atoms with E-state index in [1.54, 1.807) is 35.9 Å². The fraction of sp³-hybridized carbons (Fsp3) is 0.250. The van der Waals surface area contributed by atoms with Crippen molar-refractivity contribution in [3.05, 3.63) is 35.6 Å². The van der Waals surface area contributed by atoms with E-state index in [1.165, 1.54) is 17.7 Å². The lowest BCUT2D eigenvalue weighted by Crippen LogP contribution is -2.19. The first-order valence-corrected chi connectivity index (χ1v) is 6.56. The maximum atomic E-state index is 11.7. The monoisotopic (exact) mass is 260 g/mol. The minimum atomic E-state index is -0.292. The number of urea groups is 1. The Morgan fingerprint density at radius 1 is 1.33 bits per heavy atom. The van der Waals surface area contributed by atoms with Gasteiger partial charge in [-0.15, -0.1) is 11.3 Å². The van der Waals surface area contributed by atoms with Crippen LogP contribution in [0, 0.1) is 0 Å². The Balaban J connectivity index is 1.59. The molecule has 1 aliphatic carbocycles. The Morgan fingerprint density at radius 2 is 2.22 bits per heavy atom. The number of rotatable bonds is 3. The minimum absolute atomic E-state index is 0.292. The van der Waals surface area contributed by atoms with Gasteiger partial charge in [0.25, 0.3) is 0 Å². The molecular weight excluding hydrogens is 248 g/mol. The van der Waals surface area contributed by atoms with Crippen molar-refractivity contribution in [3.8, 4) is 0 Å². The van der Waals surface area contributed by atoms with Gasteiger partial charge in [-0.25, -0.2) is 9.78 Å². The average Bonchev–Trinajstić information content (AvgIpc) is 3.12. The molecule has 2 amide bonds. The summed E-state index contributed by atoms with van der Waals surface area (Å²) in [5.41, 5.74) is 0.661. The van der Waals surface area contributed by atoms with Gasteiger partial charge in [0.1, 0.15) is 0 Å². The van der Waals surface area contributed by atoms with Crippen LogP contribution in [0.4, 0.5) is 15.6 Å². The predicted molar refractivity (Wildman–Crippen MR) is 71.0 cm³/mol. The molecule has 0 aliphatic heterocycles. The van der Waals surface area contributed by atoms with Crippen LogP contribution in [0.15, 0.2) is 30.7 Å². The lowest BCUT2D eigenvalue weighted by atomic mass is 10.4. The molecule has 2 aromatic rings. The maximum absolute atomic E-state index is 11.7. The number of carbonyl (C=O) groups is 1. The second-order valence-corrected chi connectivity index (χ2v) is 5.23. The Morgan fingerprint density at radius 3 is 2.94 bits per heavy atom. The van der Waals surface area contributed by atoms with Crippen molar-refractivity contribution in [3.63, 3.8) is 0 Å². The molecule has 0 atom stereocenters. The molecule has 0 spiro atoms. The quantitative estimate of drug-likeness (QED) is 0.891. The van der Waals surface area contributed by atoms with E-state index in [1.807, 2.05) is 6.20 Å². The Bertz CT molecular complexity index is 550. The fourth-order valence-corrected chi connectivity index (χ4v) is 2.58. The zero-order valence-electron chi connectivity index (χ0n) is 9.59.